The van der Waals surface area contributed by atoms with E-state index in [-0.39, 0.29) is 17.9 Å². The summed E-state index contributed by atoms with van der Waals surface area (Å²) in [5.74, 6) is -0.590. The Morgan fingerprint density at radius 2 is 1.65 bits per heavy atom. The number of carbonyl (C=O) groups is 3. The maximum atomic E-state index is 11.6. The van der Waals surface area contributed by atoms with E-state index in [1.54, 1.807) is 12.1 Å². The molecule has 0 spiro atoms. The van der Waals surface area contributed by atoms with E-state index in [0.29, 0.717) is 12.3 Å². The van der Waals surface area contributed by atoms with E-state index in [1.807, 2.05) is 26.0 Å². The van der Waals surface area contributed by atoms with Crippen LogP contribution in [-0.2, 0) is 19.7 Å². The summed E-state index contributed by atoms with van der Waals surface area (Å²) in [7, 11) is 0. The molecule has 0 radical (unpaired) electrons. The number of urea groups is 1. The Labute approximate surface area is 154 Å². The largest absolute Gasteiger partial charge is 0.482 e. The van der Waals surface area contributed by atoms with E-state index >= 15 is 0 Å². The summed E-state index contributed by atoms with van der Waals surface area (Å²) in [5.41, 5.74) is 1.19. The standard InChI is InChI=1S/C19H28N2O5/c1-13(2)10-20-18(24)21-16(22)11-26-17(23)12-25-15-8-6-14(7-9-15)19(3,4)5/h6-9,13H,10-12H2,1-5H3,(H2,20,21,22,24). The zero-order valence-corrected chi connectivity index (χ0v) is 16.0. The number of amides is 3. The van der Waals surface area contributed by atoms with Gasteiger partial charge in [-0.1, -0.05) is 46.8 Å². The zero-order valence-electron chi connectivity index (χ0n) is 16.0. The van der Waals surface area contributed by atoms with Crippen LogP contribution in [-0.4, -0.2) is 37.7 Å². The van der Waals surface area contributed by atoms with Gasteiger partial charge in [0.2, 0.25) is 0 Å². The SMILES string of the molecule is CC(C)CNC(=O)NC(=O)COC(=O)COc1ccc(C(C)(C)C)cc1. The fourth-order valence-electron chi connectivity index (χ4n) is 1.88. The number of rotatable bonds is 7. The number of ether oxygens (including phenoxy) is 2. The van der Waals surface area contributed by atoms with E-state index in [0.717, 1.165) is 5.56 Å². The minimum absolute atomic E-state index is 0.0340. The van der Waals surface area contributed by atoms with Gasteiger partial charge in [-0.3, -0.25) is 10.1 Å². The van der Waals surface area contributed by atoms with Crippen LogP contribution >= 0.6 is 0 Å². The third-order valence-electron chi connectivity index (χ3n) is 3.37. The maximum absolute atomic E-state index is 11.6. The van der Waals surface area contributed by atoms with Crippen LogP contribution in [0.4, 0.5) is 4.79 Å². The molecule has 0 atom stereocenters. The van der Waals surface area contributed by atoms with Gasteiger partial charge in [-0.25, -0.2) is 9.59 Å². The van der Waals surface area contributed by atoms with Crippen LogP contribution in [0.25, 0.3) is 0 Å². The first-order chi connectivity index (χ1) is 12.1. The fraction of sp³-hybridized carbons (Fsp3) is 0.526. The lowest BCUT2D eigenvalue weighted by Gasteiger charge is -2.19. The van der Waals surface area contributed by atoms with Crippen molar-refractivity contribution in [1.29, 1.82) is 0 Å². The molecule has 0 saturated heterocycles. The second-order valence-electron chi connectivity index (χ2n) is 7.38. The van der Waals surface area contributed by atoms with Crippen LogP contribution in [0.15, 0.2) is 24.3 Å². The van der Waals surface area contributed by atoms with Crippen molar-refractivity contribution in [2.45, 2.75) is 40.0 Å². The number of benzene rings is 1. The van der Waals surface area contributed by atoms with Crippen LogP contribution in [0.1, 0.15) is 40.2 Å². The molecule has 7 nitrogen and oxygen atoms in total. The molecule has 0 heterocycles. The Balaban J connectivity index is 2.30. The summed E-state index contributed by atoms with van der Waals surface area (Å²) in [6, 6.07) is 6.81. The fourth-order valence-corrected chi connectivity index (χ4v) is 1.88. The average molecular weight is 364 g/mol. The highest BCUT2D eigenvalue weighted by atomic mass is 16.6. The molecule has 26 heavy (non-hydrogen) atoms. The van der Waals surface area contributed by atoms with Crippen molar-refractivity contribution in [2.75, 3.05) is 19.8 Å². The molecule has 2 N–H and O–H groups in total. The van der Waals surface area contributed by atoms with Crippen LogP contribution in [0, 0.1) is 5.92 Å². The molecule has 1 rings (SSSR count). The Kier molecular flexibility index (Phi) is 8.09. The van der Waals surface area contributed by atoms with Gasteiger partial charge in [0.15, 0.2) is 13.2 Å². The highest BCUT2D eigenvalue weighted by molar-refractivity contribution is 5.95. The molecule has 3 amide bonds. The number of imide groups is 1. The molecule has 0 aromatic heterocycles. The number of carbonyl (C=O) groups excluding carboxylic acids is 3. The van der Waals surface area contributed by atoms with E-state index in [1.165, 1.54) is 0 Å². The smallest absolute Gasteiger partial charge is 0.344 e. The minimum atomic E-state index is -0.700. The zero-order chi connectivity index (χ0) is 19.7. The van der Waals surface area contributed by atoms with Crippen LogP contribution < -0.4 is 15.4 Å². The van der Waals surface area contributed by atoms with Gasteiger partial charge in [-0.15, -0.1) is 0 Å². The van der Waals surface area contributed by atoms with Gasteiger partial charge in [0.25, 0.3) is 5.91 Å². The molecule has 0 unspecified atom stereocenters. The molecular weight excluding hydrogens is 336 g/mol. The quantitative estimate of drug-likeness (QED) is 0.725. The van der Waals surface area contributed by atoms with Crippen molar-refractivity contribution < 1.29 is 23.9 Å². The van der Waals surface area contributed by atoms with Gasteiger partial charge in [-0.2, -0.15) is 0 Å². The second kappa shape index (κ2) is 9.79. The van der Waals surface area contributed by atoms with Gasteiger partial charge >= 0.3 is 12.0 Å². The first-order valence-electron chi connectivity index (χ1n) is 8.54. The normalized spacial score (nSPS) is 11.0. The van der Waals surface area contributed by atoms with Gasteiger partial charge in [0.1, 0.15) is 5.75 Å². The number of nitrogens with one attached hydrogen (secondary N) is 2. The Morgan fingerprint density at radius 1 is 1.04 bits per heavy atom. The van der Waals surface area contributed by atoms with Gasteiger partial charge in [0, 0.05) is 6.54 Å². The minimum Gasteiger partial charge on any atom is -0.482 e. The third kappa shape index (κ3) is 8.50. The molecule has 0 aliphatic rings. The number of hydrogen-bond donors (Lipinski definition) is 2. The highest BCUT2D eigenvalue weighted by Gasteiger charge is 2.14. The molecule has 0 aliphatic carbocycles. The van der Waals surface area contributed by atoms with Crippen LogP contribution in [0.2, 0.25) is 0 Å². The molecule has 144 valence electrons. The van der Waals surface area contributed by atoms with Crippen molar-refractivity contribution in [3.8, 4) is 5.75 Å². The number of hydrogen-bond acceptors (Lipinski definition) is 5. The lowest BCUT2D eigenvalue weighted by molar-refractivity contribution is -0.150. The van der Waals surface area contributed by atoms with Gasteiger partial charge < -0.3 is 14.8 Å². The summed E-state index contributed by atoms with van der Waals surface area (Å²) < 4.78 is 10.1. The second-order valence-corrected chi connectivity index (χ2v) is 7.38. The summed E-state index contributed by atoms with van der Waals surface area (Å²) in [5, 5.41) is 4.60. The van der Waals surface area contributed by atoms with E-state index < -0.39 is 24.5 Å². The lowest BCUT2D eigenvalue weighted by atomic mass is 9.87. The maximum Gasteiger partial charge on any atom is 0.344 e. The molecule has 7 heteroatoms. The van der Waals surface area contributed by atoms with Crippen molar-refractivity contribution in [2.24, 2.45) is 5.92 Å². The van der Waals surface area contributed by atoms with Crippen LogP contribution in [0.5, 0.6) is 5.75 Å². The lowest BCUT2D eigenvalue weighted by Crippen LogP contribution is -2.42. The van der Waals surface area contributed by atoms with Gasteiger partial charge in [-0.05, 0) is 29.0 Å². The van der Waals surface area contributed by atoms with Crippen molar-refractivity contribution >= 4 is 17.9 Å². The van der Waals surface area contributed by atoms with Crippen molar-refractivity contribution in [1.82, 2.24) is 10.6 Å². The van der Waals surface area contributed by atoms with E-state index in [9.17, 15) is 14.4 Å². The topological polar surface area (TPSA) is 93.7 Å². The molecule has 0 bridgehead atoms. The summed E-state index contributed by atoms with van der Waals surface area (Å²) in [6.07, 6.45) is 0. The van der Waals surface area contributed by atoms with E-state index in [2.05, 4.69) is 31.4 Å². The third-order valence-corrected chi connectivity index (χ3v) is 3.37. The molecule has 1 aromatic rings. The number of esters is 1. The Hall–Kier alpha value is -2.57. The first-order valence-corrected chi connectivity index (χ1v) is 8.54. The molecule has 1 aromatic carbocycles. The molecule has 0 aliphatic heterocycles. The monoisotopic (exact) mass is 364 g/mol. The van der Waals surface area contributed by atoms with Gasteiger partial charge in [0.05, 0.1) is 0 Å². The van der Waals surface area contributed by atoms with Crippen LogP contribution in [0.3, 0.4) is 0 Å². The Morgan fingerprint density at radius 3 is 2.19 bits per heavy atom. The molecule has 0 fully saturated rings. The van der Waals surface area contributed by atoms with E-state index in [4.69, 9.17) is 9.47 Å². The Bertz CT molecular complexity index is 618. The van der Waals surface area contributed by atoms with Crippen molar-refractivity contribution in [3.63, 3.8) is 0 Å². The summed E-state index contributed by atoms with van der Waals surface area (Å²) in [6.45, 7) is 9.76. The highest BCUT2D eigenvalue weighted by Crippen LogP contribution is 2.24. The molecule has 0 saturated carbocycles. The van der Waals surface area contributed by atoms with Crippen molar-refractivity contribution in [3.05, 3.63) is 29.8 Å². The molecular formula is C19H28N2O5. The first kappa shape index (κ1) is 21.5. The summed E-state index contributed by atoms with van der Waals surface area (Å²) in [4.78, 5) is 34.5. The predicted octanol–water partition coefficient (Wildman–Crippen LogP) is 2.39. The average Bonchev–Trinajstić information content (AvgIpc) is 2.56. The summed E-state index contributed by atoms with van der Waals surface area (Å²) >= 11 is 0. The predicted molar refractivity (Wildman–Crippen MR) is 98.0 cm³/mol.